The molecule has 2 saturated heterocycles. The van der Waals surface area contributed by atoms with Gasteiger partial charge in [-0.2, -0.15) is 0 Å². The fourth-order valence-corrected chi connectivity index (χ4v) is 7.51. The fourth-order valence-electron chi connectivity index (χ4n) is 3.97. The van der Waals surface area contributed by atoms with E-state index in [2.05, 4.69) is 4.98 Å². The maximum Gasteiger partial charge on any atom is 0.359 e. The van der Waals surface area contributed by atoms with Crippen LogP contribution in [0, 0.1) is 0 Å². The van der Waals surface area contributed by atoms with Gasteiger partial charge in [-0.1, -0.05) is 0 Å². The standard InChI is InChI=1S/C18H14N4O8S3/c23-11-3-13-21(11)9(6-31-13)15(25)29-17(8-5-20-1-2-33(27,28)18(20)19-8)30-16(26)10-7-32-14-4-12(24)22(10)14/h5-7,13-14,17H,1-4H2/t13-,14-/m0/s1. The average molecular weight is 511 g/mol. The molecule has 1 aromatic rings. The minimum atomic E-state index is -3.60. The highest BCUT2D eigenvalue weighted by molar-refractivity contribution is 8.03. The molecule has 6 heterocycles. The lowest BCUT2D eigenvalue weighted by molar-refractivity contribution is -0.188. The molecule has 172 valence electrons. The molecule has 5 aliphatic heterocycles. The number of aromatic nitrogens is 2. The predicted octanol–water partition coefficient (Wildman–Crippen LogP) is 0.0486. The largest absolute Gasteiger partial charge is 0.414 e. The summed E-state index contributed by atoms with van der Waals surface area (Å²) in [6, 6.07) is 0. The summed E-state index contributed by atoms with van der Waals surface area (Å²) in [5.74, 6) is -2.40. The van der Waals surface area contributed by atoms with Gasteiger partial charge >= 0.3 is 11.9 Å². The third-order valence-electron chi connectivity index (χ3n) is 5.73. The van der Waals surface area contributed by atoms with E-state index in [4.69, 9.17) is 9.47 Å². The van der Waals surface area contributed by atoms with Gasteiger partial charge in [0, 0.05) is 23.6 Å². The van der Waals surface area contributed by atoms with Gasteiger partial charge in [0.2, 0.25) is 26.8 Å². The van der Waals surface area contributed by atoms with Gasteiger partial charge in [0.15, 0.2) is 0 Å². The number of hydrogen-bond acceptors (Lipinski definition) is 11. The maximum absolute atomic E-state index is 12.8. The number of ether oxygens (including phenoxy) is 2. The van der Waals surface area contributed by atoms with E-state index in [0.29, 0.717) is 12.8 Å². The molecule has 0 aromatic carbocycles. The van der Waals surface area contributed by atoms with Crippen molar-refractivity contribution in [2.24, 2.45) is 0 Å². The van der Waals surface area contributed by atoms with Crippen LogP contribution in [0.5, 0.6) is 0 Å². The summed E-state index contributed by atoms with van der Waals surface area (Å²) in [7, 11) is -3.60. The van der Waals surface area contributed by atoms with E-state index in [9.17, 15) is 27.6 Å². The van der Waals surface area contributed by atoms with Gasteiger partial charge in [0.1, 0.15) is 17.1 Å². The molecule has 0 radical (unpaired) electrons. The maximum atomic E-state index is 12.8. The molecule has 5 aliphatic rings. The molecule has 0 unspecified atom stereocenters. The summed E-state index contributed by atoms with van der Waals surface area (Å²) in [6.07, 6.45) is 0.272. The van der Waals surface area contributed by atoms with Gasteiger partial charge in [0.25, 0.3) is 6.29 Å². The van der Waals surface area contributed by atoms with Crippen LogP contribution in [0.3, 0.4) is 0 Å². The number of amides is 2. The van der Waals surface area contributed by atoms with Crippen molar-refractivity contribution in [1.29, 1.82) is 0 Å². The molecule has 0 bridgehead atoms. The van der Waals surface area contributed by atoms with Gasteiger partial charge < -0.3 is 14.0 Å². The summed E-state index contributed by atoms with van der Waals surface area (Å²) in [5.41, 5.74) is -0.0731. The van der Waals surface area contributed by atoms with Gasteiger partial charge in [-0.3, -0.25) is 19.4 Å². The Bertz CT molecular complexity index is 1260. The van der Waals surface area contributed by atoms with E-state index < -0.39 is 28.1 Å². The lowest BCUT2D eigenvalue weighted by Gasteiger charge is -2.35. The molecule has 2 atom stereocenters. The minimum Gasteiger partial charge on any atom is -0.414 e. The van der Waals surface area contributed by atoms with Crippen LogP contribution < -0.4 is 0 Å². The Kier molecular flexibility index (Phi) is 4.48. The van der Waals surface area contributed by atoms with Crippen LogP contribution in [0.2, 0.25) is 0 Å². The highest BCUT2D eigenvalue weighted by Gasteiger charge is 2.48. The normalized spacial score (nSPS) is 26.2. The Hall–Kier alpha value is -2.78. The number of fused-ring (bicyclic) bond motifs is 3. The molecular weight excluding hydrogens is 496 g/mol. The number of β-lactam (4-membered cyclic amide) rings is 2. The molecular formula is C18H14N4O8S3. The lowest BCUT2D eigenvalue weighted by Crippen LogP contribution is -2.49. The van der Waals surface area contributed by atoms with Crippen LogP contribution in [0.1, 0.15) is 24.8 Å². The summed E-state index contributed by atoms with van der Waals surface area (Å²) in [4.78, 5) is 56.0. The third-order valence-corrected chi connectivity index (χ3v) is 9.43. The smallest absolute Gasteiger partial charge is 0.359 e. The van der Waals surface area contributed by atoms with Crippen molar-refractivity contribution < 1.29 is 37.1 Å². The molecule has 0 aliphatic carbocycles. The summed E-state index contributed by atoms with van der Waals surface area (Å²) < 4.78 is 36.5. The monoisotopic (exact) mass is 510 g/mol. The molecule has 0 saturated carbocycles. The van der Waals surface area contributed by atoms with Gasteiger partial charge in [-0.05, 0) is 0 Å². The Balaban J connectivity index is 1.27. The first-order chi connectivity index (χ1) is 15.7. The molecule has 2 amide bonds. The Labute approximate surface area is 194 Å². The quantitative estimate of drug-likeness (QED) is 0.301. The number of rotatable bonds is 5. The van der Waals surface area contributed by atoms with Crippen LogP contribution in [-0.4, -0.2) is 68.0 Å². The Morgan fingerprint density at radius 2 is 1.55 bits per heavy atom. The first-order valence-electron chi connectivity index (χ1n) is 9.80. The summed E-state index contributed by atoms with van der Waals surface area (Å²) >= 11 is 2.59. The van der Waals surface area contributed by atoms with E-state index >= 15 is 0 Å². The number of sulfone groups is 1. The zero-order valence-corrected chi connectivity index (χ0v) is 19.0. The number of imidazole rings is 1. The SMILES string of the molecule is O=C(OC(OC(=O)C1=CS[C@H]2CC(=O)N12)c1cn2c(n1)S(=O)(=O)CC2)C1=CS[C@H]2CC(=O)N12. The average Bonchev–Trinajstić information content (AvgIpc) is 3.48. The van der Waals surface area contributed by atoms with Crippen molar-refractivity contribution in [3.8, 4) is 0 Å². The highest BCUT2D eigenvalue weighted by atomic mass is 32.2. The van der Waals surface area contributed by atoms with E-state index in [-0.39, 0.29) is 57.1 Å². The van der Waals surface area contributed by atoms with Crippen LogP contribution in [0.15, 0.2) is 33.6 Å². The van der Waals surface area contributed by atoms with Crippen molar-refractivity contribution in [3.05, 3.63) is 34.1 Å². The minimum absolute atomic E-state index is 0.00953. The van der Waals surface area contributed by atoms with Crippen molar-refractivity contribution in [3.63, 3.8) is 0 Å². The highest BCUT2D eigenvalue weighted by Crippen LogP contribution is 2.43. The zero-order chi connectivity index (χ0) is 23.1. The zero-order valence-electron chi connectivity index (χ0n) is 16.6. The summed E-state index contributed by atoms with van der Waals surface area (Å²) in [5, 5.41) is 2.44. The first kappa shape index (κ1) is 20.8. The second-order valence-corrected chi connectivity index (χ2v) is 11.8. The third kappa shape index (κ3) is 3.13. The van der Waals surface area contributed by atoms with E-state index in [1.165, 1.54) is 54.9 Å². The number of aryl methyl sites for hydroxylation is 1. The van der Waals surface area contributed by atoms with E-state index in [1.807, 2.05) is 0 Å². The number of nitrogens with zero attached hydrogens (tertiary/aromatic N) is 4. The van der Waals surface area contributed by atoms with Crippen LogP contribution >= 0.6 is 23.5 Å². The van der Waals surface area contributed by atoms with Gasteiger partial charge in [0.05, 0.1) is 29.3 Å². The summed E-state index contributed by atoms with van der Waals surface area (Å²) in [6.45, 7) is 0.163. The van der Waals surface area contributed by atoms with Crippen molar-refractivity contribution in [2.45, 2.75) is 41.6 Å². The molecule has 0 spiro atoms. The number of carbonyl (C=O) groups is 4. The second-order valence-electron chi connectivity index (χ2n) is 7.73. The van der Waals surface area contributed by atoms with Crippen molar-refractivity contribution in [1.82, 2.24) is 19.4 Å². The molecule has 6 rings (SSSR count). The van der Waals surface area contributed by atoms with E-state index in [1.54, 1.807) is 0 Å². The van der Waals surface area contributed by atoms with Crippen LogP contribution in [0.4, 0.5) is 0 Å². The molecule has 2 fully saturated rings. The number of hydrogen-bond donors (Lipinski definition) is 0. The molecule has 1 aromatic heterocycles. The second kappa shape index (κ2) is 7.11. The molecule has 0 N–H and O–H groups in total. The number of esters is 2. The lowest BCUT2D eigenvalue weighted by atomic mass is 10.2. The van der Waals surface area contributed by atoms with Crippen molar-refractivity contribution in [2.75, 3.05) is 5.75 Å². The van der Waals surface area contributed by atoms with E-state index in [0.717, 1.165) is 0 Å². The van der Waals surface area contributed by atoms with Crippen LogP contribution in [0.25, 0.3) is 0 Å². The molecule has 12 nitrogen and oxygen atoms in total. The Morgan fingerprint density at radius 1 is 1.00 bits per heavy atom. The van der Waals surface area contributed by atoms with Crippen LogP contribution in [-0.2, 0) is 45.0 Å². The Morgan fingerprint density at radius 3 is 2.03 bits per heavy atom. The van der Waals surface area contributed by atoms with Gasteiger partial charge in [-0.25, -0.2) is 23.0 Å². The fraction of sp³-hybridized carbons (Fsp3) is 0.389. The van der Waals surface area contributed by atoms with Gasteiger partial charge in [-0.15, -0.1) is 23.5 Å². The van der Waals surface area contributed by atoms with Crippen molar-refractivity contribution >= 4 is 57.1 Å². The topological polar surface area (TPSA) is 145 Å². The number of carbonyl (C=O) groups excluding carboxylic acids is 4. The number of thioether (sulfide) groups is 2. The first-order valence-corrected chi connectivity index (χ1v) is 13.3. The molecule has 15 heteroatoms. The molecule has 33 heavy (non-hydrogen) atoms. The predicted molar refractivity (Wildman–Crippen MR) is 111 cm³/mol.